The molecule has 35 heavy (non-hydrogen) atoms. The standard InChI is InChI=1S/C25H40N4O6/c1-6-8-11-16-27-22(32)21(17-12-9-10-13-19(17)30)29(7-2)23(33)18(14-15-20(26)31)28-24(34)35-25(3,4)5/h9-10,12-13,18,21,30H,6-8,11,14-16H2,1-5H3,(H2,26,31)(H,27,32)(H,28,34). The van der Waals surface area contributed by atoms with E-state index in [1.165, 1.54) is 11.0 Å². The quantitative estimate of drug-likeness (QED) is 0.311. The molecule has 0 radical (unpaired) electrons. The molecule has 1 aromatic rings. The second kappa shape index (κ2) is 14.2. The second-order valence-electron chi connectivity index (χ2n) is 9.29. The fourth-order valence-electron chi connectivity index (χ4n) is 3.51. The molecule has 2 atom stereocenters. The van der Waals surface area contributed by atoms with E-state index in [0.717, 1.165) is 19.3 Å². The number of para-hydroxylation sites is 1. The summed E-state index contributed by atoms with van der Waals surface area (Å²) in [5, 5.41) is 15.8. The minimum absolute atomic E-state index is 0.0739. The SMILES string of the molecule is CCCCCNC(=O)C(c1ccccc1O)N(CC)C(=O)C(CCC(N)=O)NC(=O)OC(C)(C)C. The Morgan fingerprint density at radius 3 is 2.31 bits per heavy atom. The maximum Gasteiger partial charge on any atom is 0.408 e. The molecule has 2 unspecified atom stereocenters. The van der Waals surface area contributed by atoms with E-state index >= 15 is 0 Å². The number of rotatable bonds is 13. The number of benzene rings is 1. The van der Waals surface area contributed by atoms with Gasteiger partial charge in [0.2, 0.25) is 17.7 Å². The van der Waals surface area contributed by atoms with E-state index in [-0.39, 0.29) is 30.7 Å². The number of hydrogen-bond donors (Lipinski definition) is 4. The van der Waals surface area contributed by atoms with E-state index in [9.17, 15) is 24.3 Å². The average Bonchev–Trinajstić information content (AvgIpc) is 2.76. The van der Waals surface area contributed by atoms with E-state index in [1.54, 1.807) is 45.9 Å². The molecule has 4 amide bonds. The van der Waals surface area contributed by atoms with Crippen LogP contribution in [0.5, 0.6) is 5.75 Å². The first kappa shape index (κ1) is 29.7. The summed E-state index contributed by atoms with van der Waals surface area (Å²) in [4.78, 5) is 52.0. The summed E-state index contributed by atoms with van der Waals surface area (Å²) in [5.41, 5.74) is 4.72. The molecular formula is C25H40N4O6. The lowest BCUT2D eigenvalue weighted by atomic mass is 10.0. The fraction of sp³-hybridized carbons (Fsp3) is 0.600. The predicted molar refractivity (Wildman–Crippen MR) is 132 cm³/mol. The van der Waals surface area contributed by atoms with Crippen molar-refractivity contribution in [3.8, 4) is 5.75 Å². The molecule has 5 N–H and O–H groups in total. The summed E-state index contributed by atoms with van der Waals surface area (Å²) in [6.45, 7) is 9.31. The molecule has 0 spiro atoms. The van der Waals surface area contributed by atoms with Crippen LogP contribution in [0.25, 0.3) is 0 Å². The third-order valence-corrected chi connectivity index (χ3v) is 5.16. The first-order chi connectivity index (χ1) is 16.4. The molecule has 0 aliphatic rings. The van der Waals surface area contributed by atoms with E-state index < -0.39 is 41.5 Å². The topological polar surface area (TPSA) is 151 Å². The van der Waals surface area contributed by atoms with Crippen molar-refractivity contribution in [1.82, 2.24) is 15.5 Å². The normalized spacial score (nSPS) is 12.8. The number of hydrogen-bond acceptors (Lipinski definition) is 6. The van der Waals surface area contributed by atoms with E-state index in [1.807, 2.05) is 6.92 Å². The van der Waals surface area contributed by atoms with Gasteiger partial charge in [0.15, 0.2) is 0 Å². The number of primary amides is 1. The Kier molecular flexibility index (Phi) is 12.0. The molecule has 0 bridgehead atoms. The Morgan fingerprint density at radius 2 is 1.77 bits per heavy atom. The van der Waals surface area contributed by atoms with Crippen molar-refractivity contribution >= 4 is 23.8 Å². The number of likely N-dealkylation sites (N-methyl/N-ethyl adjacent to an activating group) is 1. The number of phenols is 1. The molecule has 1 aromatic carbocycles. The van der Waals surface area contributed by atoms with Crippen LogP contribution in [0.4, 0.5) is 4.79 Å². The zero-order chi connectivity index (χ0) is 26.6. The van der Waals surface area contributed by atoms with Gasteiger partial charge in [0.1, 0.15) is 23.4 Å². The number of nitrogens with one attached hydrogen (secondary N) is 2. The van der Waals surface area contributed by atoms with E-state index in [0.29, 0.717) is 6.54 Å². The Labute approximate surface area is 207 Å². The monoisotopic (exact) mass is 492 g/mol. The zero-order valence-electron chi connectivity index (χ0n) is 21.4. The number of carbonyl (C=O) groups is 4. The Balaban J connectivity index is 3.30. The van der Waals surface area contributed by atoms with Gasteiger partial charge in [-0.15, -0.1) is 0 Å². The summed E-state index contributed by atoms with van der Waals surface area (Å²) in [6, 6.07) is 3.97. The molecule has 0 aliphatic carbocycles. The molecule has 0 aromatic heterocycles. The summed E-state index contributed by atoms with van der Waals surface area (Å²) >= 11 is 0. The van der Waals surface area contributed by atoms with Crippen LogP contribution in [-0.4, -0.2) is 58.6 Å². The van der Waals surface area contributed by atoms with Crippen molar-refractivity contribution in [3.63, 3.8) is 0 Å². The summed E-state index contributed by atoms with van der Waals surface area (Å²) in [6.07, 6.45) is 1.63. The smallest absolute Gasteiger partial charge is 0.408 e. The van der Waals surface area contributed by atoms with Gasteiger partial charge in [-0.1, -0.05) is 38.0 Å². The molecule has 10 heteroatoms. The Morgan fingerprint density at radius 1 is 1.11 bits per heavy atom. The number of carbonyl (C=O) groups excluding carboxylic acids is 4. The summed E-state index contributed by atoms with van der Waals surface area (Å²) < 4.78 is 5.27. The lowest BCUT2D eigenvalue weighted by Gasteiger charge is -2.34. The van der Waals surface area contributed by atoms with Gasteiger partial charge >= 0.3 is 6.09 Å². The number of unbranched alkanes of at least 4 members (excludes halogenated alkanes) is 2. The maximum atomic E-state index is 13.6. The van der Waals surface area contributed by atoms with Gasteiger partial charge in [-0.3, -0.25) is 14.4 Å². The van der Waals surface area contributed by atoms with Crippen molar-refractivity contribution in [2.45, 2.75) is 84.4 Å². The highest BCUT2D eigenvalue weighted by atomic mass is 16.6. The number of nitrogens with zero attached hydrogens (tertiary/aromatic N) is 1. The number of alkyl carbamates (subject to hydrolysis) is 1. The van der Waals surface area contributed by atoms with Gasteiger partial charge in [0.05, 0.1) is 0 Å². The van der Waals surface area contributed by atoms with Gasteiger partial charge in [-0.25, -0.2) is 4.79 Å². The second-order valence-corrected chi connectivity index (χ2v) is 9.29. The zero-order valence-corrected chi connectivity index (χ0v) is 21.4. The third kappa shape index (κ3) is 10.2. The van der Waals surface area contributed by atoms with Crippen molar-refractivity contribution in [2.24, 2.45) is 5.73 Å². The molecule has 0 aliphatic heterocycles. The highest BCUT2D eigenvalue weighted by Gasteiger charge is 2.36. The molecule has 196 valence electrons. The van der Waals surface area contributed by atoms with E-state index in [2.05, 4.69) is 10.6 Å². The molecule has 1 rings (SSSR count). The first-order valence-electron chi connectivity index (χ1n) is 12.0. The molecular weight excluding hydrogens is 452 g/mol. The minimum atomic E-state index is -1.17. The van der Waals surface area contributed by atoms with Crippen LogP contribution in [0.1, 0.15) is 78.3 Å². The minimum Gasteiger partial charge on any atom is -0.508 e. The van der Waals surface area contributed by atoms with Gasteiger partial charge < -0.3 is 31.1 Å². The van der Waals surface area contributed by atoms with Crippen molar-refractivity contribution in [3.05, 3.63) is 29.8 Å². The molecule has 0 saturated carbocycles. The number of aromatic hydroxyl groups is 1. The Bertz CT molecular complexity index is 868. The van der Waals surface area contributed by atoms with Crippen molar-refractivity contribution in [1.29, 1.82) is 0 Å². The van der Waals surface area contributed by atoms with Crippen LogP contribution in [0.3, 0.4) is 0 Å². The first-order valence-corrected chi connectivity index (χ1v) is 12.0. The molecule has 0 fully saturated rings. The fourth-order valence-corrected chi connectivity index (χ4v) is 3.51. The number of phenolic OH excluding ortho intramolecular Hbond substituents is 1. The molecule has 0 heterocycles. The summed E-state index contributed by atoms with van der Waals surface area (Å²) in [7, 11) is 0. The van der Waals surface area contributed by atoms with Gasteiger partial charge in [-0.2, -0.15) is 0 Å². The number of ether oxygens (including phenoxy) is 1. The van der Waals surface area contributed by atoms with Gasteiger partial charge in [0, 0.05) is 25.1 Å². The van der Waals surface area contributed by atoms with Crippen LogP contribution >= 0.6 is 0 Å². The summed E-state index contributed by atoms with van der Waals surface area (Å²) in [5.74, 6) is -1.83. The molecule has 10 nitrogen and oxygen atoms in total. The van der Waals surface area contributed by atoms with Crippen molar-refractivity contribution < 1.29 is 29.0 Å². The lowest BCUT2D eigenvalue weighted by molar-refractivity contribution is -0.142. The lowest BCUT2D eigenvalue weighted by Crippen LogP contribution is -2.53. The van der Waals surface area contributed by atoms with Gasteiger partial charge in [-0.05, 0) is 46.6 Å². The van der Waals surface area contributed by atoms with Crippen LogP contribution in [0, 0.1) is 0 Å². The van der Waals surface area contributed by atoms with Gasteiger partial charge in [0.25, 0.3) is 0 Å². The highest BCUT2D eigenvalue weighted by Crippen LogP contribution is 2.29. The average molecular weight is 493 g/mol. The van der Waals surface area contributed by atoms with Crippen LogP contribution in [0.2, 0.25) is 0 Å². The Hall–Kier alpha value is -3.30. The highest BCUT2D eigenvalue weighted by molar-refractivity contribution is 5.92. The molecule has 0 saturated heterocycles. The maximum absolute atomic E-state index is 13.6. The predicted octanol–water partition coefficient (Wildman–Crippen LogP) is 2.75. The largest absolute Gasteiger partial charge is 0.508 e. The third-order valence-electron chi connectivity index (χ3n) is 5.16. The number of amides is 4. The van der Waals surface area contributed by atoms with Crippen LogP contribution in [0.15, 0.2) is 24.3 Å². The van der Waals surface area contributed by atoms with E-state index in [4.69, 9.17) is 10.5 Å². The van der Waals surface area contributed by atoms with Crippen LogP contribution in [-0.2, 0) is 19.1 Å². The van der Waals surface area contributed by atoms with Crippen molar-refractivity contribution in [2.75, 3.05) is 13.1 Å². The van der Waals surface area contributed by atoms with Crippen LogP contribution < -0.4 is 16.4 Å². The number of nitrogens with two attached hydrogens (primary N) is 1.